The minimum atomic E-state index is -0.520. The molecular formula is C13H10F3NS. The lowest BCUT2D eigenvalue weighted by molar-refractivity contribution is 0.577. The lowest BCUT2D eigenvalue weighted by Crippen LogP contribution is -1.99. The smallest absolute Gasteiger partial charge is 0.137 e. The highest BCUT2D eigenvalue weighted by Gasteiger charge is 2.09. The van der Waals surface area contributed by atoms with Crippen LogP contribution in [0.15, 0.2) is 46.2 Å². The Bertz CT molecular complexity index is 572. The summed E-state index contributed by atoms with van der Waals surface area (Å²) in [6.07, 6.45) is 0. The van der Waals surface area contributed by atoms with Gasteiger partial charge in [-0.2, -0.15) is 0 Å². The summed E-state index contributed by atoms with van der Waals surface area (Å²) in [5.74, 6) is -1.44. The van der Waals surface area contributed by atoms with E-state index in [0.717, 1.165) is 30.0 Å². The summed E-state index contributed by atoms with van der Waals surface area (Å²) in [6.45, 7) is 0.136. The molecule has 0 aromatic heterocycles. The van der Waals surface area contributed by atoms with Crippen molar-refractivity contribution in [1.29, 1.82) is 0 Å². The summed E-state index contributed by atoms with van der Waals surface area (Å²) in [7, 11) is 0. The second-order valence-electron chi connectivity index (χ2n) is 3.63. The van der Waals surface area contributed by atoms with Gasteiger partial charge in [0.25, 0.3) is 0 Å². The van der Waals surface area contributed by atoms with Crippen LogP contribution in [-0.2, 0) is 6.54 Å². The predicted molar refractivity (Wildman–Crippen MR) is 64.8 cm³/mol. The van der Waals surface area contributed by atoms with Gasteiger partial charge in [0, 0.05) is 11.4 Å². The molecule has 0 aliphatic carbocycles. The SMILES string of the molecule is NCc1cc(F)ccc1Sc1cc(F)ccc1F. The molecule has 0 saturated carbocycles. The molecular weight excluding hydrogens is 259 g/mol. The number of hydrogen-bond donors (Lipinski definition) is 1. The van der Waals surface area contributed by atoms with Crippen molar-refractivity contribution < 1.29 is 13.2 Å². The molecule has 0 unspecified atom stereocenters. The molecule has 0 aliphatic heterocycles. The Labute approximate surface area is 107 Å². The molecule has 0 fully saturated rings. The van der Waals surface area contributed by atoms with Crippen LogP contribution in [0, 0.1) is 17.5 Å². The molecule has 2 rings (SSSR count). The lowest BCUT2D eigenvalue weighted by atomic mass is 10.2. The van der Waals surface area contributed by atoms with Gasteiger partial charge in [0.15, 0.2) is 0 Å². The molecule has 94 valence electrons. The molecule has 18 heavy (non-hydrogen) atoms. The van der Waals surface area contributed by atoms with Gasteiger partial charge in [-0.3, -0.25) is 0 Å². The van der Waals surface area contributed by atoms with Crippen LogP contribution in [0.3, 0.4) is 0 Å². The zero-order valence-corrected chi connectivity index (χ0v) is 10.1. The third-order valence-corrected chi connectivity index (χ3v) is 3.51. The Morgan fingerprint density at radius 1 is 0.889 bits per heavy atom. The molecule has 0 spiro atoms. The van der Waals surface area contributed by atoms with Crippen LogP contribution in [0.5, 0.6) is 0 Å². The lowest BCUT2D eigenvalue weighted by Gasteiger charge is -2.08. The van der Waals surface area contributed by atoms with E-state index in [0.29, 0.717) is 10.5 Å². The van der Waals surface area contributed by atoms with E-state index < -0.39 is 17.5 Å². The van der Waals surface area contributed by atoms with Crippen molar-refractivity contribution in [2.75, 3.05) is 0 Å². The summed E-state index contributed by atoms with van der Waals surface area (Å²) in [6, 6.07) is 7.27. The van der Waals surface area contributed by atoms with Crippen LogP contribution in [0.1, 0.15) is 5.56 Å². The first-order chi connectivity index (χ1) is 8.60. The van der Waals surface area contributed by atoms with E-state index in [9.17, 15) is 13.2 Å². The maximum atomic E-state index is 13.5. The molecule has 0 aliphatic rings. The first kappa shape index (κ1) is 13.0. The fourth-order valence-corrected chi connectivity index (χ4v) is 2.46. The zero-order valence-electron chi connectivity index (χ0n) is 9.29. The van der Waals surface area contributed by atoms with Gasteiger partial charge in [-0.15, -0.1) is 0 Å². The summed E-state index contributed by atoms with van der Waals surface area (Å²) >= 11 is 1.03. The van der Waals surface area contributed by atoms with Crippen molar-refractivity contribution in [2.24, 2.45) is 5.73 Å². The number of benzene rings is 2. The Hall–Kier alpha value is -1.46. The van der Waals surface area contributed by atoms with Crippen molar-refractivity contribution in [1.82, 2.24) is 0 Å². The highest BCUT2D eigenvalue weighted by Crippen LogP contribution is 2.32. The number of rotatable bonds is 3. The molecule has 5 heteroatoms. The molecule has 0 heterocycles. The maximum Gasteiger partial charge on any atom is 0.137 e. The molecule has 0 bridgehead atoms. The van der Waals surface area contributed by atoms with Crippen molar-refractivity contribution in [2.45, 2.75) is 16.3 Å². The van der Waals surface area contributed by atoms with Crippen molar-refractivity contribution in [3.63, 3.8) is 0 Å². The molecule has 0 atom stereocenters. The van der Waals surface area contributed by atoms with E-state index in [4.69, 9.17) is 5.73 Å². The van der Waals surface area contributed by atoms with Gasteiger partial charge < -0.3 is 5.73 Å². The zero-order chi connectivity index (χ0) is 13.1. The number of halogens is 3. The third kappa shape index (κ3) is 2.86. The van der Waals surface area contributed by atoms with E-state index >= 15 is 0 Å². The second kappa shape index (κ2) is 5.46. The van der Waals surface area contributed by atoms with Gasteiger partial charge in [0.1, 0.15) is 17.5 Å². The van der Waals surface area contributed by atoms with E-state index in [-0.39, 0.29) is 11.4 Å². The van der Waals surface area contributed by atoms with Crippen LogP contribution in [0.4, 0.5) is 13.2 Å². The monoisotopic (exact) mass is 269 g/mol. The van der Waals surface area contributed by atoms with Crippen molar-refractivity contribution in [3.05, 3.63) is 59.4 Å². The minimum Gasteiger partial charge on any atom is -0.326 e. The van der Waals surface area contributed by atoms with E-state index in [1.165, 1.54) is 18.2 Å². The molecule has 0 saturated heterocycles. The van der Waals surface area contributed by atoms with Crippen molar-refractivity contribution >= 4 is 11.8 Å². The van der Waals surface area contributed by atoms with Crippen LogP contribution in [-0.4, -0.2) is 0 Å². The largest absolute Gasteiger partial charge is 0.326 e. The topological polar surface area (TPSA) is 26.0 Å². The van der Waals surface area contributed by atoms with E-state index in [1.807, 2.05) is 0 Å². The Balaban J connectivity index is 2.36. The fraction of sp³-hybridized carbons (Fsp3) is 0.0769. The van der Waals surface area contributed by atoms with Gasteiger partial charge in [0.2, 0.25) is 0 Å². The fourth-order valence-electron chi connectivity index (χ4n) is 1.48. The van der Waals surface area contributed by atoms with Gasteiger partial charge in [-0.1, -0.05) is 11.8 Å². The average Bonchev–Trinajstić information content (AvgIpc) is 2.36. The van der Waals surface area contributed by atoms with Gasteiger partial charge in [-0.25, -0.2) is 13.2 Å². The van der Waals surface area contributed by atoms with Crippen molar-refractivity contribution in [3.8, 4) is 0 Å². The quantitative estimate of drug-likeness (QED) is 0.919. The minimum absolute atomic E-state index is 0.136. The molecule has 2 N–H and O–H groups in total. The normalized spacial score (nSPS) is 10.7. The number of hydrogen-bond acceptors (Lipinski definition) is 2. The molecule has 0 amide bonds. The molecule has 2 aromatic rings. The number of nitrogens with two attached hydrogens (primary N) is 1. The molecule has 1 nitrogen and oxygen atoms in total. The summed E-state index contributed by atoms with van der Waals surface area (Å²) < 4.78 is 39.5. The van der Waals surface area contributed by atoms with Gasteiger partial charge in [-0.05, 0) is 42.0 Å². The highest BCUT2D eigenvalue weighted by molar-refractivity contribution is 7.99. The average molecular weight is 269 g/mol. The van der Waals surface area contributed by atoms with Gasteiger partial charge >= 0.3 is 0 Å². The van der Waals surface area contributed by atoms with E-state index in [2.05, 4.69) is 0 Å². The summed E-state index contributed by atoms with van der Waals surface area (Å²) in [5.41, 5.74) is 6.05. The van der Waals surface area contributed by atoms with Crippen LogP contribution in [0.25, 0.3) is 0 Å². The Morgan fingerprint density at radius 3 is 2.28 bits per heavy atom. The summed E-state index contributed by atoms with van der Waals surface area (Å²) in [4.78, 5) is 0.764. The van der Waals surface area contributed by atoms with Crippen LogP contribution >= 0.6 is 11.8 Å². The van der Waals surface area contributed by atoms with Crippen LogP contribution < -0.4 is 5.73 Å². The molecule has 2 aromatic carbocycles. The standard InChI is InChI=1S/C13H10F3NS/c14-9-2-4-12(8(5-9)7-17)18-13-6-10(15)1-3-11(13)16/h1-6H,7,17H2. The Kier molecular flexibility index (Phi) is 3.93. The third-order valence-electron chi connectivity index (χ3n) is 2.36. The summed E-state index contributed by atoms with van der Waals surface area (Å²) in [5, 5.41) is 0. The Morgan fingerprint density at radius 2 is 1.56 bits per heavy atom. The first-order valence-electron chi connectivity index (χ1n) is 5.21. The highest BCUT2D eigenvalue weighted by atomic mass is 32.2. The second-order valence-corrected chi connectivity index (χ2v) is 4.72. The molecule has 0 radical (unpaired) electrons. The predicted octanol–water partition coefficient (Wildman–Crippen LogP) is 3.71. The van der Waals surface area contributed by atoms with Gasteiger partial charge in [0.05, 0.1) is 4.90 Å². The first-order valence-corrected chi connectivity index (χ1v) is 6.03. The maximum absolute atomic E-state index is 13.5. The van der Waals surface area contributed by atoms with Crippen LogP contribution in [0.2, 0.25) is 0 Å². The van der Waals surface area contributed by atoms with E-state index in [1.54, 1.807) is 0 Å².